The van der Waals surface area contributed by atoms with E-state index in [1.807, 2.05) is 38.1 Å². The number of phenolic OH excluding ortho intramolecular Hbond substituents is 1. The van der Waals surface area contributed by atoms with E-state index in [4.69, 9.17) is 11.6 Å². The van der Waals surface area contributed by atoms with Crippen molar-refractivity contribution in [2.75, 3.05) is 18.0 Å². The maximum atomic E-state index is 13.1. The quantitative estimate of drug-likeness (QED) is 0.776. The maximum absolute atomic E-state index is 13.1. The van der Waals surface area contributed by atoms with Crippen LogP contribution < -0.4 is 10.2 Å². The first kappa shape index (κ1) is 19.6. The first-order valence-electron chi connectivity index (χ1n) is 9.49. The summed E-state index contributed by atoms with van der Waals surface area (Å²) in [4.78, 5) is 15.4. The van der Waals surface area contributed by atoms with E-state index in [1.54, 1.807) is 18.2 Å². The van der Waals surface area contributed by atoms with Crippen molar-refractivity contribution >= 4 is 23.2 Å². The topological polar surface area (TPSA) is 52.6 Å². The van der Waals surface area contributed by atoms with Crippen molar-refractivity contribution in [1.82, 2.24) is 5.32 Å². The van der Waals surface area contributed by atoms with Gasteiger partial charge in [0.05, 0.1) is 5.56 Å². The Morgan fingerprint density at radius 1 is 1.11 bits per heavy atom. The highest BCUT2D eigenvalue weighted by Crippen LogP contribution is 2.28. The van der Waals surface area contributed by atoms with Crippen molar-refractivity contribution in [3.05, 3.63) is 58.6 Å². The van der Waals surface area contributed by atoms with Crippen molar-refractivity contribution in [1.29, 1.82) is 0 Å². The van der Waals surface area contributed by atoms with Gasteiger partial charge in [-0.3, -0.25) is 4.79 Å². The fraction of sp³-hybridized carbons (Fsp3) is 0.409. The van der Waals surface area contributed by atoms with E-state index in [-0.39, 0.29) is 11.7 Å². The van der Waals surface area contributed by atoms with Gasteiger partial charge in [0.15, 0.2) is 0 Å². The smallest absolute Gasteiger partial charge is 0.253 e. The fourth-order valence-corrected chi connectivity index (χ4v) is 3.82. The van der Waals surface area contributed by atoms with Gasteiger partial charge in [0.25, 0.3) is 5.91 Å². The number of hydrogen-bond donors (Lipinski definition) is 2. The lowest BCUT2D eigenvalue weighted by molar-refractivity contribution is 0.0913. The van der Waals surface area contributed by atoms with Crippen LogP contribution >= 0.6 is 11.6 Å². The maximum Gasteiger partial charge on any atom is 0.253 e. The third kappa shape index (κ3) is 5.16. The van der Waals surface area contributed by atoms with Gasteiger partial charge in [0.1, 0.15) is 5.75 Å². The molecular weight excluding hydrogens is 360 g/mol. The Balaban J connectivity index is 1.78. The van der Waals surface area contributed by atoms with Crippen molar-refractivity contribution in [3.63, 3.8) is 0 Å². The minimum absolute atomic E-state index is 0.109. The molecule has 0 aromatic heterocycles. The summed E-state index contributed by atoms with van der Waals surface area (Å²) in [6.45, 7) is 5.95. The molecule has 0 atom stereocenters. The average molecular weight is 387 g/mol. The molecule has 5 heteroatoms. The number of halogens is 1. The zero-order valence-electron chi connectivity index (χ0n) is 16.0. The summed E-state index contributed by atoms with van der Waals surface area (Å²) in [5.74, 6) is 0.132. The molecule has 0 unspecified atom stereocenters. The molecule has 144 valence electrons. The Hall–Kier alpha value is -2.20. The van der Waals surface area contributed by atoms with E-state index < -0.39 is 5.54 Å². The summed E-state index contributed by atoms with van der Waals surface area (Å²) in [5, 5.41) is 13.2. The summed E-state index contributed by atoms with van der Waals surface area (Å²) < 4.78 is 0. The van der Waals surface area contributed by atoms with E-state index in [2.05, 4.69) is 10.2 Å². The molecule has 0 spiro atoms. The molecule has 2 N–H and O–H groups in total. The monoisotopic (exact) mass is 386 g/mol. The van der Waals surface area contributed by atoms with Crippen molar-refractivity contribution < 1.29 is 9.90 Å². The SMILES string of the molecule is CC(C)(Cc1ccc(O)cc1)NC(=O)c1cc(Cl)ccc1N1CCCCC1. The molecule has 0 aliphatic carbocycles. The lowest BCUT2D eigenvalue weighted by Gasteiger charge is -2.32. The van der Waals surface area contributed by atoms with E-state index in [9.17, 15) is 9.90 Å². The second kappa shape index (κ2) is 8.22. The molecule has 1 aliphatic heterocycles. The van der Waals surface area contributed by atoms with E-state index >= 15 is 0 Å². The second-order valence-electron chi connectivity index (χ2n) is 7.89. The van der Waals surface area contributed by atoms with Gasteiger partial charge in [0.2, 0.25) is 0 Å². The number of anilines is 1. The zero-order valence-corrected chi connectivity index (χ0v) is 16.7. The number of nitrogens with zero attached hydrogens (tertiary/aromatic N) is 1. The standard InChI is InChI=1S/C22H27ClN2O2/c1-22(2,15-16-6-9-18(26)10-7-16)24-21(27)19-14-17(23)8-11-20(19)25-12-4-3-5-13-25/h6-11,14,26H,3-5,12-13,15H2,1-2H3,(H,24,27). The van der Waals surface area contributed by atoms with Crippen LogP contribution in [0.2, 0.25) is 5.02 Å². The molecule has 2 aromatic carbocycles. The van der Waals surface area contributed by atoms with Crippen LogP contribution in [-0.4, -0.2) is 29.6 Å². The molecule has 1 aliphatic rings. The first-order valence-corrected chi connectivity index (χ1v) is 9.87. The molecule has 0 bridgehead atoms. The van der Waals surface area contributed by atoms with Crippen molar-refractivity contribution in [2.45, 2.75) is 45.1 Å². The van der Waals surface area contributed by atoms with Gasteiger partial charge in [-0.25, -0.2) is 0 Å². The van der Waals surface area contributed by atoms with Gasteiger partial charge >= 0.3 is 0 Å². The van der Waals surface area contributed by atoms with Gasteiger partial charge in [-0.15, -0.1) is 0 Å². The predicted octanol–water partition coefficient (Wildman–Crippen LogP) is 4.79. The first-order chi connectivity index (χ1) is 12.8. The lowest BCUT2D eigenvalue weighted by Crippen LogP contribution is -2.45. The Kier molecular flexibility index (Phi) is 5.95. The molecule has 1 amide bonds. The number of rotatable bonds is 5. The number of phenols is 1. The fourth-order valence-electron chi connectivity index (χ4n) is 3.64. The largest absolute Gasteiger partial charge is 0.508 e. The Morgan fingerprint density at radius 2 is 1.78 bits per heavy atom. The van der Waals surface area contributed by atoms with Gasteiger partial charge in [-0.1, -0.05) is 23.7 Å². The molecule has 4 nitrogen and oxygen atoms in total. The van der Waals surface area contributed by atoms with Crippen LogP contribution in [-0.2, 0) is 6.42 Å². The van der Waals surface area contributed by atoms with Crippen LogP contribution in [0.5, 0.6) is 5.75 Å². The van der Waals surface area contributed by atoms with Crippen molar-refractivity contribution in [2.24, 2.45) is 0 Å². The molecule has 0 saturated carbocycles. The number of carbonyl (C=O) groups is 1. The highest BCUT2D eigenvalue weighted by atomic mass is 35.5. The number of carbonyl (C=O) groups excluding carboxylic acids is 1. The third-order valence-corrected chi connectivity index (χ3v) is 5.17. The molecule has 1 saturated heterocycles. The zero-order chi connectivity index (χ0) is 19.4. The third-order valence-electron chi connectivity index (χ3n) is 4.93. The Bertz CT molecular complexity index is 796. The summed E-state index contributed by atoms with van der Waals surface area (Å²) in [6, 6.07) is 12.7. The number of nitrogens with one attached hydrogen (secondary N) is 1. The number of piperidine rings is 1. The number of benzene rings is 2. The second-order valence-corrected chi connectivity index (χ2v) is 8.33. The van der Waals surface area contributed by atoms with Crippen LogP contribution in [0.1, 0.15) is 49.0 Å². The minimum atomic E-state index is -0.435. The Morgan fingerprint density at radius 3 is 2.44 bits per heavy atom. The van der Waals surface area contributed by atoms with Gasteiger partial charge < -0.3 is 15.3 Å². The molecule has 2 aromatic rings. The predicted molar refractivity (Wildman–Crippen MR) is 111 cm³/mol. The van der Waals surface area contributed by atoms with Crippen molar-refractivity contribution in [3.8, 4) is 5.75 Å². The van der Waals surface area contributed by atoms with Crippen LogP contribution in [0.15, 0.2) is 42.5 Å². The Labute approximate surface area is 166 Å². The summed E-state index contributed by atoms with van der Waals surface area (Å²) >= 11 is 6.19. The van der Waals surface area contributed by atoms with E-state index in [0.29, 0.717) is 17.0 Å². The highest BCUT2D eigenvalue weighted by Gasteiger charge is 2.25. The molecule has 0 radical (unpaired) electrons. The van der Waals surface area contributed by atoms with Crippen LogP contribution in [0.3, 0.4) is 0 Å². The van der Waals surface area contributed by atoms with Crippen LogP contribution in [0.25, 0.3) is 0 Å². The minimum Gasteiger partial charge on any atom is -0.508 e. The molecular formula is C22H27ClN2O2. The normalized spacial score (nSPS) is 14.9. The number of hydrogen-bond acceptors (Lipinski definition) is 3. The highest BCUT2D eigenvalue weighted by molar-refractivity contribution is 6.31. The molecule has 27 heavy (non-hydrogen) atoms. The number of amides is 1. The van der Waals surface area contributed by atoms with Crippen LogP contribution in [0.4, 0.5) is 5.69 Å². The van der Waals surface area contributed by atoms with E-state index in [0.717, 1.165) is 37.2 Å². The van der Waals surface area contributed by atoms with Crippen LogP contribution in [0, 0.1) is 0 Å². The average Bonchev–Trinajstić information content (AvgIpc) is 2.63. The lowest BCUT2D eigenvalue weighted by atomic mass is 9.94. The summed E-state index contributed by atoms with van der Waals surface area (Å²) in [7, 11) is 0. The molecule has 1 heterocycles. The summed E-state index contributed by atoms with van der Waals surface area (Å²) in [5.41, 5.74) is 2.20. The number of aromatic hydroxyl groups is 1. The van der Waals surface area contributed by atoms with E-state index in [1.165, 1.54) is 6.42 Å². The summed E-state index contributed by atoms with van der Waals surface area (Å²) in [6.07, 6.45) is 4.20. The molecule has 1 fully saturated rings. The van der Waals surface area contributed by atoms with Gasteiger partial charge in [0, 0.05) is 29.3 Å². The van der Waals surface area contributed by atoms with Gasteiger partial charge in [-0.05, 0) is 75.4 Å². The van der Waals surface area contributed by atoms with Gasteiger partial charge in [-0.2, -0.15) is 0 Å². The molecule has 3 rings (SSSR count).